The summed E-state index contributed by atoms with van der Waals surface area (Å²) in [5.41, 5.74) is 6.01. The van der Waals surface area contributed by atoms with Gasteiger partial charge in [0.05, 0.1) is 0 Å². The fourth-order valence-electron chi connectivity index (χ4n) is 2.48. The summed E-state index contributed by atoms with van der Waals surface area (Å²) in [5.74, 6) is 0.798. The van der Waals surface area contributed by atoms with E-state index in [1.54, 1.807) is 5.38 Å². The van der Waals surface area contributed by atoms with Gasteiger partial charge in [-0.1, -0.05) is 13.3 Å². The second-order valence-corrected chi connectivity index (χ2v) is 5.87. The van der Waals surface area contributed by atoms with Crippen LogP contribution in [-0.2, 0) is 6.54 Å². The maximum absolute atomic E-state index is 12.0. The van der Waals surface area contributed by atoms with E-state index in [4.69, 9.17) is 5.73 Å². The van der Waals surface area contributed by atoms with E-state index in [0.29, 0.717) is 18.3 Å². The highest BCUT2D eigenvalue weighted by molar-refractivity contribution is 7.09. The first-order valence-electron chi connectivity index (χ1n) is 6.68. The van der Waals surface area contributed by atoms with Crippen LogP contribution in [0.1, 0.15) is 54.5 Å². The van der Waals surface area contributed by atoms with Crippen molar-refractivity contribution in [3.05, 3.63) is 16.1 Å². The van der Waals surface area contributed by atoms with Gasteiger partial charge in [0.2, 0.25) is 0 Å². The molecule has 0 aromatic carbocycles. The third-order valence-electron chi connectivity index (χ3n) is 3.72. The second kappa shape index (κ2) is 6.29. The molecule has 3 N–H and O–H groups in total. The molecule has 0 saturated heterocycles. The molecule has 100 valence electrons. The van der Waals surface area contributed by atoms with Gasteiger partial charge in [0.15, 0.2) is 0 Å². The Labute approximate surface area is 112 Å². The number of amides is 1. The van der Waals surface area contributed by atoms with E-state index in [-0.39, 0.29) is 5.91 Å². The van der Waals surface area contributed by atoms with Gasteiger partial charge >= 0.3 is 0 Å². The van der Waals surface area contributed by atoms with E-state index < -0.39 is 0 Å². The normalized spacial score (nSPS) is 23.9. The number of rotatable bonds is 4. The summed E-state index contributed by atoms with van der Waals surface area (Å²) in [4.78, 5) is 16.2. The lowest BCUT2D eigenvalue weighted by atomic mass is 9.84. The number of hydrogen-bond acceptors (Lipinski definition) is 4. The first kappa shape index (κ1) is 13.5. The van der Waals surface area contributed by atoms with Crippen LogP contribution in [0.25, 0.3) is 0 Å². The smallest absolute Gasteiger partial charge is 0.270 e. The summed E-state index contributed by atoms with van der Waals surface area (Å²) >= 11 is 1.45. The van der Waals surface area contributed by atoms with Gasteiger partial charge in [-0.05, 0) is 31.6 Å². The highest BCUT2D eigenvalue weighted by Crippen LogP contribution is 2.26. The zero-order valence-corrected chi connectivity index (χ0v) is 11.6. The lowest BCUT2D eigenvalue weighted by Gasteiger charge is -2.28. The van der Waals surface area contributed by atoms with Crippen molar-refractivity contribution < 1.29 is 4.79 Å². The van der Waals surface area contributed by atoms with Crippen molar-refractivity contribution in [2.24, 2.45) is 11.7 Å². The molecule has 1 fully saturated rings. The summed E-state index contributed by atoms with van der Waals surface area (Å²) in [6.07, 6.45) is 5.90. The largest absolute Gasteiger partial charge is 0.348 e. The third-order valence-corrected chi connectivity index (χ3v) is 4.59. The van der Waals surface area contributed by atoms with Gasteiger partial charge in [-0.2, -0.15) is 0 Å². The SMILES string of the molecule is CCC1CCC(NC(=O)c2csc(CN)n2)CC1. The Morgan fingerprint density at radius 3 is 2.78 bits per heavy atom. The monoisotopic (exact) mass is 267 g/mol. The lowest BCUT2D eigenvalue weighted by molar-refractivity contribution is 0.0917. The Balaban J connectivity index is 1.84. The van der Waals surface area contributed by atoms with E-state index >= 15 is 0 Å². The molecule has 1 aliphatic rings. The van der Waals surface area contributed by atoms with Crippen molar-refractivity contribution in [1.82, 2.24) is 10.3 Å². The van der Waals surface area contributed by atoms with E-state index in [9.17, 15) is 4.79 Å². The third kappa shape index (κ3) is 3.29. The molecule has 0 aliphatic heterocycles. The maximum atomic E-state index is 12.0. The summed E-state index contributed by atoms with van der Waals surface area (Å²) in [5, 5.41) is 5.68. The maximum Gasteiger partial charge on any atom is 0.270 e. The molecule has 1 amide bonds. The molecule has 1 saturated carbocycles. The van der Waals surface area contributed by atoms with Gasteiger partial charge in [-0.3, -0.25) is 4.79 Å². The van der Waals surface area contributed by atoms with Crippen LogP contribution in [0, 0.1) is 5.92 Å². The summed E-state index contributed by atoms with van der Waals surface area (Å²) in [7, 11) is 0. The number of thiazole rings is 1. The summed E-state index contributed by atoms with van der Waals surface area (Å²) < 4.78 is 0. The number of carbonyl (C=O) groups is 1. The standard InChI is InChI=1S/C13H21N3OS/c1-2-9-3-5-10(6-4-9)15-13(17)11-8-18-12(7-14)16-11/h8-10H,2-7,14H2,1H3,(H,15,17). The van der Waals surface area contributed by atoms with Crippen molar-refractivity contribution in [2.45, 2.75) is 51.6 Å². The molecule has 0 radical (unpaired) electrons. The van der Waals surface area contributed by atoms with E-state index in [1.807, 2.05) is 0 Å². The zero-order valence-electron chi connectivity index (χ0n) is 10.8. The Bertz CT molecular complexity index is 397. The highest BCUT2D eigenvalue weighted by atomic mass is 32.1. The lowest BCUT2D eigenvalue weighted by Crippen LogP contribution is -2.37. The minimum absolute atomic E-state index is 0.0501. The van der Waals surface area contributed by atoms with Crippen molar-refractivity contribution in [3.63, 3.8) is 0 Å². The molecule has 0 spiro atoms. The predicted octanol–water partition coefficient (Wildman–Crippen LogP) is 2.30. The van der Waals surface area contributed by atoms with Gasteiger partial charge in [-0.15, -0.1) is 11.3 Å². The van der Waals surface area contributed by atoms with Gasteiger partial charge < -0.3 is 11.1 Å². The molecule has 2 rings (SSSR count). The summed E-state index contributed by atoms with van der Waals surface area (Å²) in [6, 6.07) is 0.323. The van der Waals surface area contributed by atoms with Crippen LogP contribution in [-0.4, -0.2) is 16.9 Å². The topological polar surface area (TPSA) is 68.0 Å². The van der Waals surface area contributed by atoms with Crippen LogP contribution in [0.3, 0.4) is 0 Å². The molecule has 1 aromatic rings. The molecule has 1 heterocycles. The Kier molecular flexibility index (Phi) is 4.72. The van der Waals surface area contributed by atoms with Gasteiger partial charge in [0, 0.05) is 18.0 Å². The molecule has 18 heavy (non-hydrogen) atoms. The molecule has 1 aliphatic carbocycles. The molecule has 1 aromatic heterocycles. The Morgan fingerprint density at radius 1 is 1.50 bits per heavy atom. The number of nitrogens with one attached hydrogen (secondary N) is 1. The van der Waals surface area contributed by atoms with Crippen molar-refractivity contribution in [2.75, 3.05) is 0 Å². The van der Waals surface area contributed by atoms with Crippen LogP contribution in [0.2, 0.25) is 0 Å². The van der Waals surface area contributed by atoms with Gasteiger partial charge in [-0.25, -0.2) is 4.98 Å². The zero-order chi connectivity index (χ0) is 13.0. The first-order valence-corrected chi connectivity index (χ1v) is 7.56. The van der Waals surface area contributed by atoms with Gasteiger partial charge in [0.25, 0.3) is 5.91 Å². The van der Waals surface area contributed by atoms with Crippen LogP contribution >= 0.6 is 11.3 Å². The van der Waals surface area contributed by atoms with E-state index in [0.717, 1.165) is 23.8 Å². The van der Waals surface area contributed by atoms with Crippen molar-refractivity contribution >= 4 is 17.2 Å². The minimum atomic E-state index is -0.0501. The number of aromatic nitrogens is 1. The van der Waals surface area contributed by atoms with Crippen molar-refractivity contribution in [3.8, 4) is 0 Å². The average molecular weight is 267 g/mol. The molecule has 0 unspecified atom stereocenters. The van der Waals surface area contributed by atoms with Crippen LogP contribution in [0.4, 0.5) is 0 Å². The molecule has 5 heteroatoms. The van der Waals surface area contributed by atoms with Gasteiger partial charge in [0.1, 0.15) is 10.7 Å². The van der Waals surface area contributed by atoms with Crippen LogP contribution in [0.15, 0.2) is 5.38 Å². The fraction of sp³-hybridized carbons (Fsp3) is 0.692. The number of carbonyl (C=O) groups excluding carboxylic acids is 1. The van der Waals surface area contributed by atoms with Crippen molar-refractivity contribution in [1.29, 1.82) is 0 Å². The highest BCUT2D eigenvalue weighted by Gasteiger charge is 2.22. The molecule has 4 nitrogen and oxygen atoms in total. The predicted molar refractivity (Wildman–Crippen MR) is 73.5 cm³/mol. The minimum Gasteiger partial charge on any atom is -0.348 e. The van der Waals surface area contributed by atoms with E-state index in [2.05, 4.69) is 17.2 Å². The summed E-state index contributed by atoms with van der Waals surface area (Å²) in [6.45, 7) is 2.65. The molecular formula is C13H21N3OS. The molecular weight excluding hydrogens is 246 g/mol. The Morgan fingerprint density at radius 2 is 2.22 bits per heavy atom. The number of nitrogens with zero attached hydrogens (tertiary/aromatic N) is 1. The second-order valence-electron chi connectivity index (χ2n) is 4.93. The number of hydrogen-bond donors (Lipinski definition) is 2. The first-order chi connectivity index (χ1) is 8.72. The molecule has 0 atom stereocenters. The number of nitrogens with two attached hydrogens (primary N) is 1. The van der Waals surface area contributed by atoms with Crippen LogP contribution in [0.5, 0.6) is 0 Å². The average Bonchev–Trinajstić information content (AvgIpc) is 2.88. The Hall–Kier alpha value is -0.940. The quantitative estimate of drug-likeness (QED) is 0.879. The van der Waals surface area contributed by atoms with Crippen LogP contribution < -0.4 is 11.1 Å². The fourth-order valence-corrected chi connectivity index (χ4v) is 3.14. The van der Waals surface area contributed by atoms with E-state index in [1.165, 1.54) is 30.6 Å². The molecule has 0 bridgehead atoms.